The van der Waals surface area contributed by atoms with Crippen LogP contribution in [-0.2, 0) is 11.2 Å². The highest BCUT2D eigenvalue weighted by Crippen LogP contribution is 2.19. The molecule has 2 rings (SSSR count). The van der Waals surface area contributed by atoms with Gasteiger partial charge in [0.15, 0.2) is 5.78 Å². The molecule has 0 saturated heterocycles. The fraction of sp³-hybridized carbons (Fsp3) is 0.167. The van der Waals surface area contributed by atoms with Crippen LogP contribution in [0.4, 0.5) is 4.39 Å². The van der Waals surface area contributed by atoms with Crippen molar-refractivity contribution >= 4 is 11.9 Å². The van der Waals surface area contributed by atoms with Crippen LogP contribution in [0.3, 0.4) is 0 Å². The van der Waals surface area contributed by atoms with Crippen molar-refractivity contribution in [2.24, 2.45) is 0 Å². The number of ether oxygens (including phenoxy) is 1. The first-order valence-corrected chi connectivity index (χ1v) is 6.80. The van der Waals surface area contributed by atoms with E-state index in [0.29, 0.717) is 11.3 Å². The molecule has 2 aromatic carbocycles. The van der Waals surface area contributed by atoms with E-state index in [2.05, 4.69) is 0 Å². The van der Waals surface area contributed by atoms with Gasteiger partial charge in [-0.05, 0) is 24.6 Å². The van der Waals surface area contributed by atoms with E-state index in [1.807, 2.05) is 43.3 Å². The molecule has 3 heteroatoms. The minimum Gasteiger partial charge on any atom is -0.485 e. The number of carbonyl (C=O) groups excluding carboxylic acids is 1. The normalized spacial score (nSPS) is 10.8. The van der Waals surface area contributed by atoms with Gasteiger partial charge in [-0.15, -0.1) is 0 Å². The molecule has 0 bridgehead atoms. The summed E-state index contributed by atoms with van der Waals surface area (Å²) in [5.41, 5.74) is 1.31. The van der Waals surface area contributed by atoms with Gasteiger partial charge in [-0.1, -0.05) is 48.6 Å². The second-order valence-corrected chi connectivity index (χ2v) is 4.63. The van der Waals surface area contributed by atoms with E-state index >= 15 is 0 Å². The van der Waals surface area contributed by atoms with Gasteiger partial charge in [0, 0.05) is 12.0 Å². The van der Waals surface area contributed by atoms with Crippen molar-refractivity contribution in [1.29, 1.82) is 0 Å². The fourth-order valence-electron chi connectivity index (χ4n) is 1.99. The summed E-state index contributed by atoms with van der Waals surface area (Å²) in [7, 11) is 0. The van der Waals surface area contributed by atoms with E-state index in [1.54, 1.807) is 18.2 Å². The predicted octanol–water partition coefficient (Wildman–Crippen LogP) is 4.05. The van der Waals surface area contributed by atoms with Crippen LogP contribution in [-0.4, -0.2) is 12.4 Å². The van der Waals surface area contributed by atoms with E-state index < -0.39 is 0 Å². The SMILES string of the molecule is CC=Cc1ccccc1OCC(=O)Cc1ccccc1F. The minimum absolute atomic E-state index is 0.0401. The first-order valence-electron chi connectivity index (χ1n) is 6.80. The van der Waals surface area contributed by atoms with Gasteiger partial charge in [0.05, 0.1) is 0 Å². The molecule has 0 heterocycles. The molecule has 0 amide bonds. The summed E-state index contributed by atoms with van der Waals surface area (Å²) in [6, 6.07) is 13.8. The Bertz CT molecular complexity index is 647. The summed E-state index contributed by atoms with van der Waals surface area (Å²) >= 11 is 0. The third-order valence-electron chi connectivity index (χ3n) is 3.00. The molecule has 108 valence electrons. The van der Waals surface area contributed by atoms with Crippen molar-refractivity contribution in [2.45, 2.75) is 13.3 Å². The summed E-state index contributed by atoms with van der Waals surface area (Å²) in [6.07, 6.45) is 3.86. The summed E-state index contributed by atoms with van der Waals surface area (Å²) in [6.45, 7) is 1.85. The fourth-order valence-corrected chi connectivity index (χ4v) is 1.99. The molecular formula is C18H17FO2. The number of halogens is 1. The highest BCUT2D eigenvalue weighted by Gasteiger charge is 2.09. The predicted molar refractivity (Wildman–Crippen MR) is 81.8 cm³/mol. The van der Waals surface area contributed by atoms with Crippen molar-refractivity contribution in [2.75, 3.05) is 6.61 Å². The molecule has 0 unspecified atom stereocenters. The number of ketones is 1. The van der Waals surface area contributed by atoms with E-state index in [4.69, 9.17) is 4.74 Å². The Morgan fingerprint density at radius 1 is 1.14 bits per heavy atom. The van der Waals surface area contributed by atoms with Crippen molar-refractivity contribution in [3.8, 4) is 5.75 Å². The Morgan fingerprint density at radius 2 is 1.86 bits per heavy atom. The average Bonchev–Trinajstić information content (AvgIpc) is 2.49. The molecule has 0 N–H and O–H groups in total. The Morgan fingerprint density at radius 3 is 2.62 bits per heavy atom. The summed E-state index contributed by atoms with van der Waals surface area (Å²) in [4.78, 5) is 11.9. The molecule has 0 aliphatic heterocycles. The van der Waals surface area contributed by atoms with E-state index in [9.17, 15) is 9.18 Å². The van der Waals surface area contributed by atoms with E-state index in [1.165, 1.54) is 6.07 Å². The molecular weight excluding hydrogens is 267 g/mol. The van der Waals surface area contributed by atoms with Crippen LogP contribution in [0, 0.1) is 5.82 Å². The number of hydrogen-bond donors (Lipinski definition) is 0. The van der Waals surface area contributed by atoms with Gasteiger partial charge < -0.3 is 4.74 Å². The van der Waals surface area contributed by atoms with Crippen molar-refractivity contribution in [3.63, 3.8) is 0 Å². The lowest BCUT2D eigenvalue weighted by atomic mass is 10.1. The Hall–Kier alpha value is -2.42. The average molecular weight is 284 g/mol. The standard InChI is InChI=1S/C18H17FO2/c1-2-7-14-8-4-6-11-18(14)21-13-16(20)12-15-9-3-5-10-17(15)19/h2-11H,12-13H2,1H3. The highest BCUT2D eigenvalue weighted by atomic mass is 19.1. The number of hydrogen-bond acceptors (Lipinski definition) is 2. The summed E-state index contributed by atoms with van der Waals surface area (Å²) in [5.74, 6) is 0.132. The number of para-hydroxylation sites is 1. The number of Topliss-reactive ketones (excluding diaryl/α,β-unsaturated/α-hetero) is 1. The molecule has 0 spiro atoms. The first kappa shape index (κ1) is 15.0. The molecule has 0 aliphatic rings. The topological polar surface area (TPSA) is 26.3 Å². The van der Waals surface area contributed by atoms with Crippen LogP contribution < -0.4 is 4.74 Å². The lowest BCUT2D eigenvalue weighted by Gasteiger charge is -2.09. The monoisotopic (exact) mass is 284 g/mol. The second-order valence-electron chi connectivity index (χ2n) is 4.63. The number of rotatable bonds is 6. The van der Waals surface area contributed by atoms with Gasteiger partial charge in [-0.25, -0.2) is 4.39 Å². The molecule has 0 radical (unpaired) electrons. The molecule has 0 saturated carbocycles. The molecule has 2 nitrogen and oxygen atoms in total. The van der Waals surface area contributed by atoms with Gasteiger partial charge in [0.25, 0.3) is 0 Å². The maximum absolute atomic E-state index is 13.5. The molecule has 0 fully saturated rings. The quantitative estimate of drug-likeness (QED) is 0.800. The van der Waals surface area contributed by atoms with Crippen molar-refractivity contribution in [3.05, 3.63) is 71.6 Å². The Balaban J connectivity index is 1.97. The lowest BCUT2D eigenvalue weighted by Crippen LogP contribution is -2.15. The van der Waals surface area contributed by atoms with Crippen LogP contribution in [0.1, 0.15) is 18.1 Å². The zero-order chi connectivity index (χ0) is 15.1. The Labute approximate surface area is 123 Å². The largest absolute Gasteiger partial charge is 0.485 e. The van der Waals surface area contributed by atoms with Crippen molar-refractivity contribution < 1.29 is 13.9 Å². The van der Waals surface area contributed by atoms with Crippen LogP contribution in [0.2, 0.25) is 0 Å². The third kappa shape index (κ3) is 4.28. The van der Waals surface area contributed by atoms with Gasteiger partial charge in [0.1, 0.15) is 18.2 Å². The Kier molecular flexibility index (Phi) is 5.27. The molecule has 21 heavy (non-hydrogen) atoms. The molecule has 2 aromatic rings. The number of allylic oxidation sites excluding steroid dienone is 1. The highest BCUT2D eigenvalue weighted by molar-refractivity contribution is 5.82. The van der Waals surface area contributed by atoms with Crippen LogP contribution >= 0.6 is 0 Å². The van der Waals surface area contributed by atoms with Crippen LogP contribution in [0.15, 0.2) is 54.6 Å². The maximum atomic E-state index is 13.5. The maximum Gasteiger partial charge on any atom is 0.174 e. The summed E-state index contributed by atoms with van der Waals surface area (Å²) < 4.78 is 19.0. The second kappa shape index (κ2) is 7.39. The van der Waals surface area contributed by atoms with Gasteiger partial charge >= 0.3 is 0 Å². The molecule has 0 aliphatic carbocycles. The van der Waals surface area contributed by atoms with Gasteiger partial charge in [-0.3, -0.25) is 4.79 Å². The summed E-state index contributed by atoms with van der Waals surface area (Å²) in [5, 5.41) is 0. The third-order valence-corrected chi connectivity index (χ3v) is 3.00. The van der Waals surface area contributed by atoms with Crippen molar-refractivity contribution in [1.82, 2.24) is 0 Å². The zero-order valence-electron chi connectivity index (χ0n) is 11.9. The van der Waals surface area contributed by atoms with Gasteiger partial charge in [0.2, 0.25) is 0 Å². The number of benzene rings is 2. The lowest BCUT2D eigenvalue weighted by molar-refractivity contribution is -0.120. The zero-order valence-corrected chi connectivity index (χ0v) is 11.9. The van der Waals surface area contributed by atoms with Crippen LogP contribution in [0.25, 0.3) is 6.08 Å². The first-order chi connectivity index (χ1) is 10.2. The van der Waals surface area contributed by atoms with Gasteiger partial charge in [-0.2, -0.15) is 0 Å². The van der Waals surface area contributed by atoms with Crippen LogP contribution in [0.5, 0.6) is 5.75 Å². The van der Waals surface area contributed by atoms with E-state index in [0.717, 1.165) is 5.56 Å². The number of carbonyl (C=O) groups is 1. The minimum atomic E-state index is -0.361. The smallest absolute Gasteiger partial charge is 0.174 e. The molecule has 0 atom stereocenters. The van der Waals surface area contributed by atoms with E-state index in [-0.39, 0.29) is 24.6 Å². The molecule has 0 aromatic heterocycles.